The van der Waals surface area contributed by atoms with Crippen molar-refractivity contribution < 1.29 is 9.90 Å². The minimum atomic E-state index is -0.141. The second-order valence-corrected chi connectivity index (χ2v) is 5.79. The monoisotopic (exact) mass is 266 g/mol. The Morgan fingerprint density at radius 2 is 1.84 bits per heavy atom. The third kappa shape index (κ3) is 7.51. The van der Waals surface area contributed by atoms with E-state index < -0.39 is 0 Å². The Morgan fingerprint density at radius 3 is 2.58 bits per heavy atom. The molecule has 0 spiro atoms. The number of hydrogen-bond acceptors (Lipinski definition) is 2. The molecule has 0 amide bonds. The molecule has 1 unspecified atom stereocenters. The molecular weight excluding hydrogens is 236 g/mol. The van der Waals surface area contributed by atoms with Crippen LogP contribution in [0.5, 0.6) is 0 Å². The van der Waals surface area contributed by atoms with Crippen LogP contribution in [0.2, 0.25) is 0 Å². The molecule has 1 atom stereocenters. The summed E-state index contributed by atoms with van der Waals surface area (Å²) >= 11 is 0. The maximum absolute atomic E-state index is 11.6. The molecule has 1 saturated carbocycles. The molecule has 2 nitrogen and oxygen atoms in total. The van der Waals surface area contributed by atoms with Crippen molar-refractivity contribution in [1.29, 1.82) is 0 Å². The number of hydrogen-bond donors (Lipinski definition) is 1. The van der Waals surface area contributed by atoms with E-state index in [0.717, 1.165) is 63.4 Å². The third-order valence-corrected chi connectivity index (χ3v) is 3.98. The number of carbonyl (C=O) groups is 1. The molecule has 0 aromatic carbocycles. The number of ketones is 1. The van der Waals surface area contributed by atoms with Gasteiger partial charge in [-0.15, -0.1) is 0 Å². The van der Waals surface area contributed by atoms with E-state index in [-0.39, 0.29) is 6.10 Å². The van der Waals surface area contributed by atoms with Gasteiger partial charge in [0.1, 0.15) is 0 Å². The van der Waals surface area contributed by atoms with Crippen molar-refractivity contribution in [2.24, 2.45) is 0 Å². The number of allylic oxidation sites excluding steroid dienone is 2. The summed E-state index contributed by atoms with van der Waals surface area (Å²) in [5, 5.41) is 9.85. The van der Waals surface area contributed by atoms with Gasteiger partial charge in [0.15, 0.2) is 5.78 Å². The number of unbranched alkanes of at least 4 members (excludes halogenated alkanes) is 4. The minimum Gasteiger partial charge on any atom is -0.393 e. The van der Waals surface area contributed by atoms with Crippen molar-refractivity contribution in [3.05, 3.63) is 11.6 Å². The van der Waals surface area contributed by atoms with Crippen LogP contribution in [0.4, 0.5) is 0 Å². The van der Waals surface area contributed by atoms with Crippen molar-refractivity contribution in [1.82, 2.24) is 0 Å². The number of aliphatic hydroxyl groups excluding tert-OH is 1. The Labute approximate surface area is 118 Å². The summed E-state index contributed by atoms with van der Waals surface area (Å²) in [5.74, 6) is 0.353. The highest BCUT2D eigenvalue weighted by Gasteiger charge is 2.13. The van der Waals surface area contributed by atoms with Crippen LogP contribution >= 0.6 is 0 Å². The zero-order chi connectivity index (χ0) is 13.9. The molecule has 1 N–H and O–H groups in total. The summed E-state index contributed by atoms with van der Waals surface area (Å²) in [6.07, 6.45) is 14.6. The van der Waals surface area contributed by atoms with Gasteiger partial charge in [-0.2, -0.15) is 0 Å². The normalized spacial score (nSPS) is 19.9. The number of rotatable bonds is 9. The molecule has 1 aliphatic rings. The van der Waals surface area contributed by atoms with Crippen LogP contribution < -0.4 is 0 Å². The predicted octanol–water partition coefficient (Wildman–Crippen LogP) is 4.56. The SMILES string of the molecule is CCCCCCC(O)CCC/C=C1\CCCCC1=O. The zero-order valence-electron chi connectivity index (χ0n) is 12.5. The molecule has 0 aliphatic heterocycles. The van der Waals surface area contributed by atoms with Crippen LogP contribution in [-0.2, 0) is 4.79 Å². The molecule has 2 heteroatoms. The van der Waals surface area contributed by atoms with E-state index in [1.807, 2.05) is 0 Å². The first-order valence-electron chi connectivity index (χ1n) is 8.14. The molecule has 0 saturated heterocycles. The van der Waals surface area contributed by atoms with E-state index in [9.17, 15) is 9.90 Å². The predicted molar refractivity (Wildman–Crippen MR) is 80.2 cm³/mol. The summed E-state index contributed by atoms with van der Waals surface area (Å²) in [5.41, 5.74) is 1.05. The van der Waals surface area contributed by atoms with Crippen molar-refractivity contribution >= 4 is 5.78 Å². The smallest absolute Gasteiger partial charge is 0.158 e. The first-order valence-corrected chi connectivity index (χ1v) is 8.14. The molecule has 0 aromatic heterocycles. The van der Waals surface area contributed by atoms with Crippen molar-refractivity contribution in [3.8, 4) is 0 Å². The largest absolute Gasteiger partial charge is 0.393 e. The van der Waals surface area contributed by atoms with Gasteiger partial charge >= 0.3 is 0 Å². The van der Waals surface area contributed by atoms with Gasteiger partial charge < -0.3 is 5.11 Å². The van der Waals surface area contributed by atoms with Gasteiger partial charge in [-0.3, -0.25) is 4.79 Å². The van der Waals surface area contributed by atoms with Gasteiger partial charge in [-0.1, -0.05) is 38.7 Å². The fraction of sp³-hybridized carbons (Fsp3) is 0.824. The van der Waals surface area contributed by atoms with E-state index in [2.05, 4.69) is 13.0 Å². The summed E-state index contributed by atoms with van der Waals surface area (Å²) in [7, 11) is 0. The van der Waals surface area contributed by atoms with Crippen molar-refractivity contribution in [2.45, 2.75) is 90.1 Å². The maximum atomic E-state index is 11.6. The quantitative estimate of drug-likeness (QED) is 0.491. The van der Waals surface area contributed by atoms with Crippen LogP contribution in [0.1, 0.15) is 84.0 Å². The summed E-state index contributed by atoms with van der Waals surface area (Å²) in [4.78, 5) is 11.6. The standard InChI is InChI=1S/C17H30O2/c1-2-3-4-5-12-16(18)13-8-6-10-15-11-7-9-14-17(15)19/h10,16,18H,2-9,11-14H2,1H3/b15-10+. The average molecular weight is 266 g/mol. The third-order valence-electron chi connectivity index (χ3n) is 3.98. The van der Waals surface area contributed by atoms with Gasteiger partial charge in [-0.25, -0.2) is 0 Å². The first-order chi connectivity index (χ1) is 9.24. The molecule has 1 rings (SSSR count). The van der Waals surface area contributed by atoms with Gasteiger partial charge in [0.2, 0.25) is 0 Å². The average Bonchev–Trinajstić information content (AvgIpc) is 2.41. The molecule has 110 valence electrons. The van der Waals surface area contributed by atoms with Gasteiger partial charge in [0, 0.05) is 6.42 Å². The van der Waals surface area contributed by atoms with Crippen LogP contribution in [0.3, 0.4) is 0 Å². The summed E-state index contributed by atoms with van der Waals surface area (Å²) in [6, 6.07) is 0. The zero-order valence-corrected chi connectivity index (χ0v) is 12.5. The summed E-state index contributed by atoms with van der Waals surface area (Å²) < 4.78 is 0. The molecule has 0 aromatic rings. The van der Waals surface area contributed by atoms with Crippen LogP contribution in [-0.4, -0.2) is 17.0 Å². The van der Waals surface area contributed by atoms with Crippen molar-refractivity contribution in [2.75, 3.05) is 0 Å². The number of carbonyl (C=O) groups excluding carboxylic acids is 1. The lowest BCUT2D eigenvalue weighted by Crippen LogP contribution is -2.08. The Hall–Kier alpha value is -0.630. The fourth-order valence-corrected chi connectivity index (χ4v) is 2.70. The molecule has 1 aliphatic carbocycles. The molecule has 19 heavy (non-hydrogen) atoms. The van der Waals surface area contributed by atoms with E-state index in [1.165, 1.54) is 19.3 Å². The van der Waals surface area contributed by atoms with E-state index >= 15 is 0 Å². The van der Waals surface area contributed by atoms with E-state index in [0.29, 0.717) is 5.78 Å². The lowest BCUT2D eigenvalue weighted by atomic mass is 9.92. The van der Waals surface area contributed by atoms with Crippen molar-refractivity contribution in [3.63, 3.8) is 0 Å². The maximum Gasteiger partial charge on any atom is 0.158 e. The molecular formula is C17H30O2. The van der Waals surface area contributed by atoms with Gasteiger partial charge in [-0.05, 0) is 50.5 Å². The lowest BCUT2D eigenvalue weighted by molar-refractivity contribution is -0.116. The van der Waals surface area contributed by atoms with Gasteiger partial charge in [0.25, 0.3) is 0 Å². The second-order valence-electron chi connectivity index (χ2n) is 5.79. The van der Waals surface area contributed by atoms with Crippen LogP contribution in [0.15, 0.2) is 11.6 Å². The van der Waals surface area contributed by atoms with Crippen LogP contribution in [0.25, 0.3) is 0 Å². The lowest BCUT2D eigenvalue weighted by Gasteiger charge is -2.13. The topological polar surface area (TPSA) is 37.3 Å². The Bertz CT molecular complexity index is 281. The second kappa shape index (κ2) is 10.2. The molecule has 0 heterocycles. The molecule has 0 bridgehead atoms. The Kier molecular flexibility index (Phi) is 8.81. The first kappa shape index (κ1) is 16.4. The number of aliphatic hydroxyl groups is 1. The van der Waals surface area contributed by atoms with Gasteiger partial charge in [0.05, 0.1) is 6.10 Å². The number of Topliss-reactive ketones (excluding diaryl/α,β-unsaturated/α-hetero) is 1. The Balaban J connectivity index is 2.06. The highest BCUT2D eigenvalue weighted by atomic mass is 16.3. The highest BCUT2D eigenvalue weighted by Crippen LogP contribution is 2.21. The summed E-state index contributed by atoms with van der Waals surface area (Å²) in [6.45, 7) is 2.20. The Morgan fingerprint density at radius 1 is 1.11 bits per heavy atom. The van der Waals surface area contributed by atoms with E-state index in [4.69, 9.17) is 0 Å². The van der Waals surface area contributed by atoms with Crippen LogP contribution in [0, 0.1) is 0 Å². The fourth-order valence-electron chi connectivity index (χ4n) is 2.70. The molecule has 0 radical (unpaired) electrons. The highest BCUT2D eigenvalue weighted by molar-refractivity contribution is 5.95. The minimum absolute atomic E-state index is 0.141. The molecule has 1 fully saturated rings. The van der Waals surface area contributed by atoms with E-state index in [1.54, 1.807) is 0 Å².